The summed E-state index contributed by atoms with van der Waals surface area (Å²) in [5.74, 6) is 8.12. The molecule has 58 heavy (non-hydrogen) atoms. The Morgan fingerprint density at radius 2 is 0.741 bits per heavy atom. The SMILES string of the molecule is CCCC/C=C/c1ccc2cc3c(C#C[Si](C(C)C)(C(C)C)C(C)C)c4cc5cc(/C=C/CCCC)ccc5cc4c(C#C[Si](C(C)C)(C(C)C)C(C)C)c3cc2c1. The minimum atomic E-state index is -2.04. The molecule has 0 N–H and O–H groups in total. The van der Waals surface area contributed by atoms with Crippen LogP contribution in [0.25, 0.3) is 55.2 Å². The summed E-state index contributed by atoms with van der Waals surface area (Å²) < 4.78 is 0. The highest BCUT2D eigenvalue weighted by molar-refractivity contribution is 6.91. The van der Waals surface area contributed by atoms with Crippen molar-refractivity contribution in [3.05, 3.63) is 95.1 Å². The Balaban J connectivity index is 1.99. The van der Waals surface area contributed by atoms with Crippen molar-refractivity contribution >= 4 is 71.4 Å². The van der Waals surface area contributed by atoms with Crippen LogP contribution in [0, 0.1) is 22.9 Å². The molecule has 0 heterocycles. The first-order chi connectivity index (χ1) is 27.6. The van der Waals surface area contributed by atoms with Gasteiger partial charge >= 0.3 is 0 Å². The van der Waals surface area contributed by atoms with Crippen LogP contribution in [0.1, 0.15) is 158 Å². The van der Waals surface area contributed by atoms with Gasteiger partial charge in [0.15, 0.2) is 0 Å². The van der Waals surface area contributed by atoms with Crippen LogP contribution in [-0.4, -0.2) is 16.1 Å². The summed E-state index contributed by atoms with van der Waals surface area (Å²) >= 11 is 0. The van der Waals surface area contributed by atoms with E-state index in [0.717, 1.165) is 12.8 Å². The second kappa shape index (κ2) is 19.5. The molecule has 0 atom stereocenters. The van der Waals surface area contributed by atoms with Crippen molar-refractivity contribution in [1.82, 2.24) is 0 Å². The summed E-state index contributed by atoms with van der Waals surface area (Å²) in [7, 11) is -4.08. The quantitative estimate of drug-likeness (QED) is 0.0454. The van der Waals surface area contributed by atoms with E-state index < -0.39 is 16.1 Å². The maximum atomic E-state index is 4.18. The van der Waals surface area contributed by atoms with Crippen molar-refractivity contribution in [1.29, 1.82) is 0 Å². The molecule has 0 saturated carbocycles. The smallest absolute Gasteiger partial charge is 0.125 e. The summed E-state index contributed by atoms with van der Waals surface area (Å²) in [6, 6.07) is 23.8. The van der Waals surface area contributed by atoms with Crippen molar-refractivity contribution in [2.45, 2.75) is 169 Å². The van der Waals surface area contributed by atoms with Crippen LogP contribution in [-0.2, 0) is 0 Å². The van der Waals surface area contributed by atoms with E-state index in [1.54, 1.807) is 0 Å². The zero-order chi connectivity index (χ0) is 42.4. The highest BCUT2D eigenvalue weighted by atomic mass is 28.3. The van der Waals surface area contributed by atoms with Gasteiger partial charge in [-0.1, -0.05) is 183 Å². The zero-order valence-corrected chi connectivity index (χ0v) is 40.8. The van der Waals surface area contributed by atoms with E-state index in [4.69, 9.17) is 0 Å². The van der Waals surface area contributed by atoms with Crippen LogP contribution in [0.5, 0.6) is 0 Å². The molecule has 5 aromatic carbocycles. The van der Waals surface area contributed by atoms with Gasteiger partial charge in [0, 0.05) is 11.1 Å². The number of rotatable bonds is 14. The largest absolute Gasteiger partial charge is 0.146 e. The van der Waals surface area contributed by atoms with Gasteiger partial charge in [0.1, 0.15) is 16.1 Å². The number of fused-ring (bicyclic) bond motifs is 4. The third kappa shape index (κ3) is 9.15. The molecule has 0 spiro atoms. The Labute approximate surface area is 356 Å². The minimum Gasteiger partial charge on any atom is -0.125 e. The number of allylic oxidation sites excluding steroid dienone is 2. The van der Waals surface area contributed by atoms with Gasteiger partial charge < -0.3 is 0 Å². The Kier molecular flexibility index (Phi) is 15.2. The number of hydrogen-bond donors (Lipinski definition) is 0. The van der Waals surface area contributed by atoms with Gasteiger partial charge in [-0.3, -0.25) is 0 Å². The molecule has 0 bridgehead atoms. The standard InChI is InChI=1S/C56H74Si2/c1-15-17-19-21-23-45-25-27-47-35-53-52(30-32-58(42(9)10,43(11)12)44(13)14)56-38-50-34-46(24-22-20-18-16-2)26-28-48(50)36-54(56)51(55(53)37-49(47)33-45)29-31-57(39(3)4,40(5)6)41(7)8/h21-28,33-44H,15-20H2,1-14H3/b23-21+,24-22+. The lowest BCUT2D eigenvalue weighted by Gasteiger charge is -2.38. The second-order valence-corrected chi connectivity index (χ2v) is 30.3. The average molecular weight is 803 g/mol. The lowest BCUT2D eigenvalue weighted by atomic mass is 9.88. The molecule has 0 saturated heterocycles. The Bertz CT molecular complexity index is 2190. The first kappa shape index (κ1) is 45.3. The van der Waals surface area contributed by atoms with Crippen molar-refractivity contribution in [3.8, 4) is 22.9 Å². The Hall–Kier alpha value is -3.83. The summed E-state index contributed by atoms with van der Waals surface area (Å²) in [4.78, 5) is 0. The third-order valence-electron chi connectivity index (χ3n) is 13.7. The molecule has 0 radical (unpaired) electrons. The Morgan fingerprint density at radius 1 is 0.431 bits per heavy atom. The molecule has 5 aromatic rings. The maximum Gasteiger partial charge on any atom is 0.146 e. The highest BCUT2D eigenvalue weighted by Gasteiger charge is 2.43. The van der Waals surface area contributed by atoms with E-state index in [0.29, 0.717) is 33.2 Å². The number of hydrogen-bond acceptors (Lipinski definition) is 0. The van der Waals surface area contributed by atoms with E-state index in [1.807, 2.05) is 0 Å². The van der Waals surface area contributed by atoms with Crippen LogP contribution in [0.15, 0.2) is 72.8 Å². The molecule has 5 rings (SSSR count). The van der Waals surface area contributed by atoms with Gasteiger partial charge in [-0.15, -0.1) is 11.1 Å². The first-order valence-electron chi connectivity index (χ1n) is 22.9. The van der Waals surface area contributed by atoms with E-state index in [-0.39, 0.29) is 0 Å². The van der Waals surface area contributed by atoms with Gasteiger partial charge in [0.05, 0.1) is 0 Å². The van der Waals surface area contributed by atoms with E-state index in [1.165, 1.54) is 91.0 Å². The minimum absolute atomic E-state index is 0.552. The molecule has 0 aliphatic heterocycles. The second-order valence-electron chi connectivity index (χ2n) is 19.1. The normalized spacial score (nSPS) is 12.9. The van der Waals surface area contributed by atoms with Crippen molar-refractivity contribution in [2.75, 3.05) is 0 Å². The van der Waals surface area contributed by atoms with Gasteiger partial charge in [0.25, 0.3) is 0 Å². The molecule has 0 amide bonds. The van der Waals surface area contributed by atoms with Crippen molar-refractivity contribution in [3.63, 3.8) is 0 Å². The highest BCUT2D eigenvalue weighted by Crippen LogP contribution is 2.44. The number of unbranched alkanes of at least 4 members (excludes halogenated alkanes) is 4. The lowest BCUT2D eigenvalue weighted by Crippen LogP contribution is -2.43. The molecular weight excluding hydrogens is 729 g/mol. The summed E-state index contributed by atoms with van der Waals surface area (Å²) in [5, 5.41) is 10.0. The van der Waals surface area contributed by atoms with E-state index in [9.17, 15) is 0 Å². The molecule has 0 unspecified atom stereocenters. The fourth-order valence-electron chi connectivity index (χ4n) is 10.5. The fourth-order valence-corrected chi connectivity index (χ4v) is 20.9. The van der Waals surface area contributed by atoms with Crippen LogP contribution in [0.3, 0.4) is 0 Å². The molecule has 0 aliphatic rings. The third-order valence-corrected chi connectivity index (χ3v) is 26.3. The molecule has 2 heteroatoms. The summed E-state index contributed by atoms with van der Waals surface area (Å²) in [5.41, 5.74) is 16.5. The van der Waals surface area contributed by atoms with Crippen LogP contribution in [0.2, 0.25) is 33.2 Å². The molecule has 0 aliphatic carbocycles. The van der Waals surface area contributed by atoms with Gasteiger partial charge in [-0.2, -0.15) is 0 Å². The van der Waals surface area contributed by atoms with Crippen LogP contribution in [0.4, 0.5) is 0 Å². The van der Waals surface area contributed by atoms with E-state index >= 15 is 0 Å². The molecular formula is C56H74Si2. The van der Waals surface area contributed by atoms with Crippen LogP contribution >= 0.6 is 0 Å². The molecule has 306 valence electrons. The molecule has 0 fully saturated rings. The Morgan fingerprint density at radius 3 is 1.03 bits per heavy atom. The lowest BCUT2D eigenvalue weighted by molar-refractivity contribution is 0.816. The molecule has 0 nitrogen and oxygen atoms in total. The predicted octanol–water partition coefficient (Wildman–Crippen LogP) is 17.8. The summed E-state index contributed by atoms with van der Waals surface area (Å²) in [6.45, 7) is 33.6. The van der Waals surface area contributed by atoms with E-state index in [2.05, 4.69) is 205 Å². The van der Waals surface area contributed by atoms with Gasteiger partial charge in [-0.05, 0) is 137 Å². The number of benzene rings is 5. The average Bonchev–Trinajstić information content (AvgIpc) is 3.16. The topological polar surface area (TPSA) is 0 Å². The van der Waals surface area contributed by atoms with Gasteiger partial charge in [0.2, 0.25) is 0 Å². The maximum absolute atomic E-state index is 4.18. The zero-order valence-electron chi connectivity index (χ0n) is 38.8. The first-order valence-corrected chi connectivity index (χ1v) is 27.4. The predicted molar refractivity (Wildman–Crippen MR) is 269 cm³/mol. The fraction of sp³-hybridized carbons (Fsp3) is 0.464. The van der Waals surface area contributed by atoms with Crippen LogP contribution < -0.4 is 0 Å². The summed E-state index contributed by atoms with van der Waals surface area (Å²) in [6.07, 6.45) is 16.4. The monoisotopic (exact) mass is 803 g/mol. The van der Waals surface area contributed by atoms with Crippen molar-refractivity contribution < 1.29 is 0 Å². The molecule has 0 aromatic heterocycles. The van der Waals surface area contributed by atoms with Gasteiger partial charge in [-0.25, -0.2) is 0 Å². The van der Waals surface area contributed by atoms with Crippen molar-refractivity contribution in [2.24, 2.45) is 0 Å².